The molecule has 0 atom stereocenters. The summed E-state index contributed by atoms with van der Waals surface area (Å²) in [5.74, 6) is 0.889. The molecule has 4 rings (SSSR count). The van der Waals surface area contributed by atoms with Crippen molar-refractivity contribution < 1.29 is 4.79 Å². The molecule has 1 amide bonds. The molecule has 170 valence electrons. The normalized spacial score (nSPS) is 14.8. The second-order valence-corrected chi connectivity index (χ2v) is 10.5. The maximum atomic E-state index is 12.1. The Kier molecular flexibility index (Phi) is 8.30. The molecular weight excluding hydrogens is 460 g/mol. The van der Waals surface area contributed by atoms with E-state index in [0.717, 1.165) is 65.5 Å². The van der Waals surface area contributed by atoms with Crippen molar-refractivity contribution in [2.45, 2.75) is 24.7 Å². The van der Waals surface area contributed by atoms with Gasteiger partial charge in [0.25, 0.3) is 0 Å². The van der Waals surface area contributed by atoms with Crippen molar-refractivity contribution in [2.24, 2.45) is 0 Å². The number of piperazine rings is 1. The molecule has 0 bridgehead atoms. The zero-order chi connectivity index (χ0) is 22.3. The molecule has 0 radical (unpaired) electrons. The van der Waals surface area contributed by atoms with Gasteiger partial charge in [0.15, 0.2) is 5.13 Å². The highest BCUT2D eigenvalue weighted by Crippen LogP contribution is 2.30. The summed E-state index contributed by atoms with van der Waals surface area (Å²) in [6.07, 6.45) is 1.58. The van der Waals surface area contributed by atoms with Gasteiger partial charge in [0.1, 0.15) is 0 Å². The molecule has 5 nitrogen and oxygen atoms in total. The fourth-order valence-corrected chi connectivity index (χ4v) is 5.77. The summed E-state index contributed by atoms with van der Waals surface area (Å²) in [5, 5.41) is 4.92. The highest BCUT2D eigenvalue weighted by atomic mass is 35.5. The monoisotopic (exact) mass is 488 g/mol. The van der Waals surface area contributed by atoms with E-state index in [1.807, 2.05) is 24.3 Å². The van der Waals surface area contributed by atoms with Crippen LogP contribution in [0.4, 0.5) is 5.13 Å². The first-order valence-corrected chi connectivity index (χ1v) is 13.3. The van der Waals surface area contributed by atoms with Crippen LogP contribution in [0.15, 0.2) is 47.4 Å². The summed E-state index contributed by atoms with van der Waals surface area (Å²) >= 11 is 9.37. The van der Waals surface area contributed by atoms with E-state index in [0.29, 0.717) is 13.0 Å². The number of thiazole rings is 1. The lowest BCUT2D eigenvalue weighted by molar-refractivity contribution is -0.120. The second kappa shape index (κ2) is 11.4. The fourth-order valence-electron chi connectivity index (χ4n) is 3.71. The zero-order valence-corrected chi connectivity index (χ0v) is 20.7. The first kappa shape index (κ1) is 23.4. The number of aryl methyl sites for hydroxylation is 1. The Hall–Kier alpha value is -1.80. The van der Waals surface area contributed by atoms with E-state index >= 15 is 0 Å². The molecule has 2 heterocycles. The van der Waals surface area contributed by atoms with Crippen molar-refractivity contribution >= 4 is 56.0 Å². The van der Waals surface area contributed by atoms with E-state index in [9.17, 15) is 4.79 Å². The molecule has 1 aromatic heterocycles. The molecular formula is C24H29ClN4OS2. The molecule has 0 unspecified atom stereocenters. The number of nitrogens with zero attached hydrogens (tertiary/aromatic N) is 3. The number of aromatic nitrogens is 1. The number of nitrogens with one attached hydrogen (secondary N) is 1. The summed E-state index contributed by atoms with van der Waals surface area (Å²) in [6.45, 7) is 7.73. The molecule has 32 heavy (non-hydrogen) atoms. The maximum absolute atomic E-state index is 12.1. The van der Waals surface area contributed by atoms with Crippen LogP contribution in [-0.4, -0.2) is 60.8 Å². The third-order valence-electron chi connectivity index (χ3n) is 5.65. The number of anilines is 1. The molecule has 0 spiro atoms. The van der Waals surface area contributed by atoms with Gasteiger partial charge < -0.3 is 10.2 Å². The van der Waals surface area contributed by atoms with Crippen LogP contribution in [0.2, 0.25) is 5.02 Å². The SMILES string of the molecule is CCc1ccc2nc(N3CCN(CCNC(=O)CCSc4ccc(Cl)cc4)CC3)sc2c1. The average molecular weight is 489 g/mol. The molecule has 1 N–H and O–H groups in total. The van der Waals surface area contributed by atoms with E-state index in [2.05, 4.69) is 40.2 Å². The maximum Gasteiger partial charge on any atom is 0.220 e. The quantitative estimate of drug-likeness (QED) is 0.432. The van der Waals surface area contributed by atoms with Crippen molar-refractivity contribution in [3.05, 3.63) is 53.1 Å². The average Bonchev–Trinajstić information content (AvgIpc) is 3.24. The Morgan fingerprint density at radius 1 is 1.16 bits per heavy atom. The van der Waals surface area contributed by atoms with E-state index in [1.165, 1.54) is 10.3 Å². The number of rotatable bonds is 9. The Morgan fingerprint density at radius 3 is 2.69 bits per heavy atom. The van der Waals surface area contributed by atoms with Crippen LogP contribution in [0.1, 0.15) is 18.9 Å². The van der Waals surface area contributed by atoms with Crippen LogP contribution in [0.5, 0.6) is 0 Å². The lowest BCUT2D eigenvalue weighted by Gasteiger charge is -2.34. The summed E-state index contributed by atoms with van der Waals surface area (Å²) < 4.78 is 1.28. The second-order valence-electron chi connectivity index (χ2n) is 7.88. The summed E-state index contributed by atoms with van der Waals surface area (Å²) in [4.78, 5) is 22.9. The summed E-state index contributed by atoms with van der Waals surface area (Å²) in [5.41, 5.74) is 2.46. The van der Waals surface area contributed by atoms with Gasteiger partial charge >= 0.3 is 0 Å². The number of fused-ring (bicyclic) bond motifs is 1. The standard InChI is InChI=1S/C24H29ClN4OS2/c1-2-18-3-8-21-22(17-18)32-24(27-21)29-14-12-28(13-15-29)11-10-26-23(30)9-16-31-20-6-4-19(25)5-7-20/h3-8,17H,2,9-16H2,1H3,(H,26,30). The van der Waals surface area contributed by atoms with Gasteiger partial charge in [-0.15, -0.1) is 11.8 Å². The third-order valence-corrected chi connectivity index (χ3v) is 8.00. The van der Waals surface area contributed by atoms with Crippen molar-refractivity contribution in [2.75, 3.05) is 49.9 Å². The molecule has 2 aromatic carbocycles. The van der Waals surface area contributed by atoms with Gasteiger partial charge in [-0.2, -0.15) is 0 Å². The number of hydrogen-bond donors (Lipinski definition) is 1. The number of carbonyl (C=O) groups excluding carboxylic acids is 1. The van der Waals surface area contributed by atoms with Gasteiger partial charge in [-0.1, -0.05) is 35.9 Å². The van der Waals surface area contributed by atoms with Crippen molar-refractivity contribution in [1.82, 2.24) is 15.2 Å². The predicted molar refractivity (Wildman–Crippen MR) is 137 cm³/mol. The fraction of sp³-hybridized carbons (Fsp3) is 0.417. The first-order valence-electron chi connectivity index (χ1n) is 11.1. The predicted octanol–water partition coefficient (Wildman–Crippen LogP) is 4.93. The van der Waals surface area contributed by atoms with Crippen LogP contribution >= 0.6 is 34.7 Å². The molecule has 1 fully saturated rings. The minimum absolute atomic E-state index is 0.117. The Labute approximate surface area is 203 Å². The van der Waals surface area contributed by atoms with Crippen molar-refractivity contribution in [3.8, 4) is 0 Å². The highest BCUT2D eigenvalue weighted by Gasteiger charge is 2.19. The lowest BCUT2D eigenvalue weighted by Crippen LogP contribution is -2.48. The smallest absolute Gasteiger partial charge is 0.220 e. The molecule has 0 saturated carbocycles. The highest BCUT2D eigenvalue weighted by molar-refractivity contribution is 7.99. The number of carbonyl (C=O) groups is 1. The number of halogens is 1. The van der Waals surface area contributed by atoms with Gasteiger partial charge in [-0.05, 0) is 48.4 Å². The van der Waals surface area contributed by atoms with Crippen LogP contribution in [-0.2, 0) is 11.2 Å². The summed E-state index contributed by atoms with van der Waals surface area (Å²) in [6, 6.07) is 14.3. The van der Waals surface area contributed by atoms with E-state index < -0.39 is 0 Å². The van der Waals surface area contributed by atoms with Crippen molar-refractivity contribution in [3.63, 3.8) is 0 Å². The van der Waals surface area contributed by atoms with Gasteiger partial charge in [-0.25, -0.2) is 4.98 Å². The summed E-state index contributed by atoms with van der Waals surface area (Å²) in [7, 11) is 0. The van der Waals surface area contributed by atoms with Gasteiger partial charge in [0.05, 0.1) is 10.2 Å². The zero-order valence-electron chi connectivity index (χ0n) is 18.3. The van der Waals surface area contributed by atoms with Crippen LogP contribution < -0.4 is 10.2 Å². The minimum atomic E-state index is 0.117. The first-order chi connectivity index (χ1) is 15.6. The van der Waals surface area contributed by atoms with E-state index in [4.69, 9.17) is 16.6 Å². The topological polar surface area (TPSA) is 48.5 Å². The Balaban J connectivity index is 1.14. The Morgan fingerprint density at radius 2 is 1.94 bits per heavy atom. The molecule has 0 aliphatic carbocycles. The molecule has 1 aliphatic heterocycles. The minimum Gasteiger partial charge on any atom is -0.355 e. The molecule has 1 aliphatic rings. The lowest BCUT2D eigenvalue weighted by atomic mass is 10.2. The van der Waals surface area contributed by atoms with Crippen LogP contribution in [0.25, 0.3) is 10.2 Å². The van der Waals surface area contributed by atoms with Crippen LogP contribution in [0, 0.1) is 0 Å². The van der Waals surface area contributed by atoms with Crippen molar-refractivity contribution in [1.29, 1.82) is 0 Å². The number of benzene rings is 2. The molecule has 3 aromatic rings. The number of hydrogen-bond acceptors (Lipinski definition) is 6. The Bertz CT molecular complexity index is 1030. The largest absolute Gasteiger partial charge is 0.355 e. The van der Waals surface area contributed by atoms with E-state index in [-0.39, 0.29) is 5.91 Å². The molecule has 8 heteroatoms. The van der Waals surface area contributed by atoms with E-state index in [1.54, 1.807) is 23.1 Å². The van der Waals surface area contributed by atoms with Crippen LogP contribution in [0.3, 0.4) is 0 Å². The van der Waals surface area contributed by atoms with Gasteiger partial charge in [0.2, 0.25) is 5.91 Å². The third kappa shape index (κ3) is 6.38. The number of amides is 1. The molecule has 1 saturated heterocycles. The van der Waals surface area contributed by atoms with Gasteiger partial charge in [-0.3, -0.25) is 9.69 Å². The van der Waals surface area contributed by atoms with Gasteiger partial charge in [0, 0.05) is 61.4 Å². The number of thioether (sulfide) groups is 1.